The van der Waals surface area contributed by atoms with Crippen LogP contribution in [0.2, 0.25) is 0 Å². The van der Waals surface area contributed by atoms with Crippen LogP contribution >= 0.6 is 0 Å². The van der Waals surface area contributed by atoms with Gasteiger partial charge in [0.05, 0.1) is 10.6 Å². The number of hydrogen-bond donors (Lipinski definition) is 1. The summed E-state index contributed by atoms with van der Waals surface area (Å²) < 4.78 is 28.5. The lowest BCUT2D eigenvalue weighted by atomic mass is 10.0. The lowest BCUT2D eigenvalue weighted by molar-refractivity contribution is 0.0980. The van der Waals surface area contributed by atoms with Crippen molar-refractivity contribution in [3.05, 3.63) is 65.5 Å². The lowest BCUT2D eigenvalue weighted by Gasteiger charge is -2.11. The monoisotopic (exact) mass is 357 g/mol. The van der Waals surface area contributed by atoms with Crippen LogP contribution in [0.5, 0.6) is 0 Å². The summed E-state index contributed by atoms with van der Waals surface area (Å²) in [6.07, 6.45) is 1.35. The molecule has 128 valence electrons. The van der Waals surface area contributed by atoms with Crippen molar-refractivity contribution in [2.75, 3.05) is 0 Å². The second-order valence-corrected chi connectivity index (χ2v) is 7.12. The van der Waals surface area contributed by atoms with Gasteiger partial charge < -0.3 is 0 Å². The van der Waals surface area contributed by atoms with Crippen molar-refractivity contribution in [3.63, 3.8) is 0 Å². The Morgan fingerprint density at radius 2 is 1.88 bits per heavy atom. The zero-order chi connectivity index (χ0) is 18.0. The maximum Gasteiger partial charge on any atom is 0.265 e. The Hall–Kier alpha value is -3.07. The first kappa shape index (κ1) is 16.8. The second kappa shape index (κ2) is 6.44. The number of amides is 1. The third-order valence-electron chi connectivity index (χ3n) is 3.82. The number of aryl methyl sites for hydroxylation is 1. The quantitative estimate of drug-likeness (QED) is 0.756. The molecule has 0 aliphatic carbocycles. The normalized spacial score (nSPS) is 11.3. The van der Waals surface area contributed by atoms with Crippen molar-refractivity contribution in [1.82, 2.24) is 24.9 Å². The molecule has 0 fully saturated rings. The molecule has 0 radical (unpaired) electrons. The first-order valence-electron chi connectivity index (χ1n) is 7.35. The highest BCUT2D eigenvalue weighted by molar-refractivity contribution is 7.90. The van der Waals surface area contributed by atoms with Crippen molar-refractivity contribution < 1.29 is 13.2 Å². The first-order chi connectivity index (χ1) is 11.9. The summed E-state index contributed by atoms with van der Waals surface area (Å²) in [4.78, 5) is 12.3. The Labute approximate surface area is 144 Å². The number of benzene rings is 2. The molecule has 0 bridgehead atoms. The number of rotatable bonds is 4. The molecule has 3 rings (SSSR count). The molecule has 1 N–H and O–H groups in total. The van der Waals surface area contributed by atoms with E-state index in [1.54, 1.807) is 31.2 Å². The third kappa shape index (κ3) is 3.41. The molecule has 1 aromatic heterocycles. The summed E-state index contributed by atoms with van der Waals surface area (Å²) in [7, 11) is -4.03. The Balaban J connectivity index is 1.91. The van der Waals surface area contributed by atoms with Crippen LogP contribution in [0.3, 0.4) is 0 Å². The topological polar surface area (TPSA) is 107 Å². The average molecular weight is 357 g/mol. The van der Waals surface area contributed by atoms with E-state index in [9.17, 15) is 13.2 Å². The molecule has 2 aromatic carbocycles. The second-order valence-electron chi connectivity index (χ2n) is 5.43. The summed E-state index contributed by atoms with van der Waals surface area (Å²) in [6, 6.07) is 11.1. The zero-order valence-corrected chi connectivity index (χ0v) is 14.4. The molecule has 0 unspecified atom stereocenters. The fourth-order valence-electron chi connectivity index (χ4n) is 2.31. The van der Waals surface area contributed by atoms with E-state index in [4.69, 9.17) is 0 Å². The van der Waals surface area contributed by atoms with Gasteiger partial charge in [-0.15, -0.1) is 5.10 Å². The summed E-state index contributed by atoms with van der Waals surface area (Å²) in [5, 5.41) is 10.7. The van der Waals surface area contributed by atoms with Gasteiger partial charge in [-0.2, -0.15) is 0 Å². The number of tetrazole rings is 1. The van der Waals surface area contributed by atoms with E-state index in [0.717, 1.165) is 11.1 Å². The first-order valence-corrected chi connectivity index (χ1v) is 8.83. The number of sulfonamides is 1. The van der Waals surface area contributed by atoms with Crippen LogP contribution < -0.4 is 4.72 Å². The van der Waals surface area contributed by atoms with Crippen molar-refractivity contribution in [2.24, 2.45) is 0 Å². The van der Waals surface area contributed by atoms with Gasteiger partial charge in [-0.05, 0) is 59.7 Å². The SMILES string of the molecule is Cc1cccc(C(=O)NS(=O)(=O)c2cccc(-n3cnnn3)c2)c1C. The maximum absolute atomic E-state index is 12.5. The van der Waals surface area contributed by atoms with Crippen molar-refractivity contribution in [2.45, 2.75) is 18.7 Å². The number of aromatic nitrogens is 4. The van der Waals surface area contributed by atoms with Crippen LogP contribution in [0.15, 0.2) is 53.7 Å². The molecule has 0 saturated heterocycles. The number of hydrogen-bond acceptors (Lipinski definition) is 6. The Morgan fingerprint density at radius 3 is 2.60 bits per heavy atom. The highest BCUT2D eigenvalue weighted by Crippen LogP contribution is 2.16. The van der Waals surface area contributed by atoms with Gasteiger partial charge in [-0.1, -0.05) is 18.2 Å². The van der Waals surface area contributed by atoms with Crippen molar-refractivity contribution >= 4 is 15.9 Å². The van der Waals surface area contributed by atoms with Gasteiger partial charge in [0.25, 0.3) is 15.9 Å². The van der Waals surface area contributed by atoms with Gasteiger partial charge in [-0.25, -0.2) is 17.8 Å². The third-order valence-corrected chi connectivity index (χ3v) is 5.15. The van der Waals surface area contributed by atoms with E-state index in [0.29, 0.717) is 11.3 Å². The van der Waals surface area contributed by atoms with Crippen molar-refractivity contribution in [3.8, 4) is 5.69 Å². The number of carbonyl (C=O) groups is 1. The predicted octanol–water partition coefficient (Wildman–Crippen LogP) is 1.40. The van der Waals surface area contributed by atoms with Gasteiger partial charge in [-0.3, -0.25) is 4.79 Å². The summed E-state index contributed by atoms with van der Waals surface area (Å²) in [6.45, 7) is 3.63. The molecule has 0 spiro atoms. The van der Waals surface area contributed by atoms with Gasteiger partial charge >= 0.3 is 0 Å². The Kier molecular flexibility index (Phi) is 4.32. The van der Waals surface area contributed by atoms with Crippen LogP contribution in [0.4, 0.5) is 0 Å². The molecule has 0 aliphatic heterocycles. The number of nitrogens with zero attached hydrogens (tertiary/aromatic N) is 4. The minimum atomic E-state index is -4.03. The van der Waals surface area contributed by atoms with E-state index in [1.165, 1.54) is 23.1 Å². The van der Waals surface area contributed by atoms with Crippen LogP contribution in [0, 0.1) is 13.8 Å². The summed E-state index contributed by atoms with van der Waals surface area (Å²) >= 11 is 0. The molecule has 1 amide bonds. The van der Waals surface area contributed by atoms with Gasteiger partial charge in [0.15, 0.2) is 0 Å². The van der Waals surface area contributed by atoms with E-state index < -0.39 is 15.9 Å². The molecule has 25 heavy (non-hydrogen) atoms. The number of carbonyl (C=O) groups excluding carboxylic acids is 1. The molecule has 9 heteroatoms. The van der Waals surface area contributed by atoms with Gasteiger partial charge in [0.2, 0.25) is 0 Å². The minimum Gasteiger partial charge on any atom is -0.268 e. The Morgan fingerprint density at radius 1 is 1.12 bits per heavy atom. The Bertz CT molecular complexity index is 1030. The molecule has 0 atom stereocenters. The van der Waals surface area contributed by atoms with Crippen LogP contribution in [0.1, 0.15) is 21.5 Å². The lowest BCUT2D eigenvalue weighted by Crippen LogP contribution is -2.31. The van der Waals surface area contributed by atoms with E-state index in [-0.39, 0.29) is 4.90 Å². The largest absolute Gasteiger partial charge is 0.268 e. The highest BCUT2D eigenvalue weighted by Gasteiger charge is 2.20. The van der Waals surface area contributed by atoms with E-state index in [2.05, 4.69) is 20.2 Å². The minimum absolute atomic E-state index is 0.0563. The highest BCUT2D eigenvalue weighted by atomic mass is 32.2. The average Bonchev–Trinajstić information content (AvgIpc) is 3.11. The summed E-state index contributed by atoms with van der Waals surface area (Å²) in [5.41, 5.74) is 2.43. The predicted molar refractivity (Wildman–Crippen MR) is 89.7 cm³/mol. The fourth-order valence-corrected chi connectivity index (χ4v) is 3.31. The molecule has 0 saturated carbocycles. The van der Waals surface area contributed by atoms with Crippen LogP contribution in [-0.4, -0.2) is 34.5 Å². The molecular weight excluding hydrogens is 342 g/mol. The molecule has 1 heterocycles. The standard InChI is InChI=1S/C16H15N5O3S/c1-11-5-3-8-15(12(11)2)16(22)18-25(23,24)14-7-4-6-13(9-14)21-10-17-19-20-21/h3-10H,1-2H3,(H,18,22). The van der Waals surface area contributed by atoms with Crippen LogP contribution in [-0.2, 0) is 10.0 Å². The molecule has 8 nitrogen and oxygen atoms in total. The van der Waals surface area contributed by atoms with E-state index in [1.807, 2.05) is 13.0 Å². The zero-order valence-electron chi connectivity index (χ0n) is 13.5. The number of nitrogens with one attached hydrogen (secondary N) is 1. The van der Waals surface area contributed by atoms with Gasteiger partial charge in [0, 0.05) is 5.56 Å². The van der Waals surface area contributed by atoms with Gasteiger partial charge in [0.1, 0.15) is 6.33 Å². The molecular formula is C16H15N5O3S. The smallest absolute Gasteiger partial charge is 0.265 e. The maximum atomic E-state index is 12.5. The fraction of sp³-hybridized carbons (Fsp3) is 0.125. The van der Waals surface area contributed by atoms with Crippen LogP contribution in [0.25, 0.3) is 5.69 Å². The van der Waals surface area contributed by atoms with Crippen molar-refractivity contribution in [1.29, 1.82) is 0 Å². The molecule has 3 aromatic rings. The summed E-state index contributed by atoms with van der Waals surface area (Å²) in [5.74, 6) is -0.672. The molecule has 0 aliphatic rings. The van der Waals surface area contributed by atoms with E-state index >= 15 is 0 Å².